The van der Waals surface area contributed by atoms with Gasteiger partial charge in [-0.25, -0.2) is 0 Å². The zero-order valence-corrected chi connectivity index (χ0v) is 19.3. The minimum absolute atomic E-state index is 0.0507. The van der Waals surface area contributed by atoms with Crippen molar-refractivity contribution in [1.29, 1.82) is 0 Å². The Morgan fingerprint density at radius 3 is 2.21 bits per heavy atom. The fraction of sp³-hybridized carbons (Fsp3) is 0.909. The Hall–Kier alpha value is -1.14. The molecule has 2 fully saturated rings. The first kappa shape index (κ1) is 23.1. The second-order valence-corrected chi connectivity index (χ2v) is 10.7. The molecule has 2 aliphatic rings. The van der Waals surface area contributed by atoms with Crippen LogP contribution in [0.15, 0.2) is 0 Å². The van der Waals surface area contributed by atoms with Crippen LogP contribution in [-0.4, -0.2) is 85.9 Å². The Morgan fingerprint density at radius 2 is 1.71 bits per heavy atom. The molecule has 162 valence electrons. The van der Waals surface area contributed by atoms with Gasteiger partial charge in [0.15, 0.2) is 0 Å². The van der Waals surface area contributed by atoms with Gasteiger partial charge in [-0.2, -0.15) is 0 Å². The lowest BCUT2D eigenvalue weighted by Crippen LogP contribution is -2.55. The first-order valence-corrected chi connectivity index (χ1v) is 10.8. The lowest BCUT2D eigenvalue weighted by Gasteiger charge is -2.45. The molecular formula is C22H42N4O2. The van der Waals surface area contributed by atoms with Crippen LogP contribution in [0.25, 0.3) is 0 Å². The highest BCUT2D eigenvalue weighted by atomic mass is 16.2. The Kier molecular flexibility index (Phi) is 7.19. The van der Waals surface area contributed by atoms with Gasteiger partial charge in [0, 0.05) is 32.2 Å². The molecule has 0 aromatic carbocycles. The van der Waals surface area contributed by atoms with Gasteiger partial charge in [0.2, 0.25) is 11.8 Å². The number of carbonyl (C=O) groups excluding carboxylic acids is 2. The van der Waals surface area contributed by atoms with Gasteiger partial charge in [0.1, 0.15) is 0 Å². The van der Waals surface area contributed by atoms with E-state index in [1.165, 1.54) is 0 Å². The summed E-state index contributed by atoms with van der Waals surface area (Å²) in [6.45, 7) is 10.3. The molecule has 0 bridgehead atoms. The molecule has 1 aliphatic heterocycles. The average molecular weight is 395 g/mol. The van der Waals surface area contributed by atoms with Crippen molar-refractivity contribution in [3.63, 3.8) is 0 Å². The monoisotopic (exact) mass is 394 g/mol. The number of likely N-dealkylation sites (N-methyl/N-ethyl adjacent to an activating group) is 2. The molecule has 2 amide bonds. The van der Waals surface area contributed by atoms with E-state index < -0.39 is 5.41 Å². The van der Waals surface area contributed by atoms with E-state index in [1.807, 2.05) is 21.1 Å². The van der Waals surface area contributed by atoms with Gasteiger partial charge in [0.25, 0.3) is 0 Å². The Bertz CT molecular complexity index is 563. The van der Waals surface area contributed by atoms with E-state index in [9.17, 15) is 9.59 Å². The zero-order chi connectivity index (χ0) is 21.3. The summed E-state index contributed by atoms with van der Waals surface area (Å²) in [4.78, 5) is 32.5. The molecule has 1 N–H and O–H groups in total. The van der Waals surface area contributed by atoms with E-state index in [-0.39, 0.29) is 29.9 Å². The number of nitrogens with zero attached hydrogens (tertiary/aromatic N) is 3. The average Bonchev–Trinajstić information content (AvgIpc) is 2.96. The highest BCUT2D eigenvalue weighted by molar-refractivity contribution is 5.84. The van der Waals surface area contributed by atoms with Gasteiger partial charge < -0.3 is 15.1 Å². The van der Waals surface area contributed by atoms with Crippen molar-refractivity contribution in [3.05, 3.63) is 0 Å². The summed E-state index contributed by atoms with van der Waals surface area (Å²) in [6.07, 6.45) is 5.14. The predicted molar refractivity (Wildman–Crippen MR) is 114 cm³/mol. The van der Waals surface area contributed by atoms with Crippen molar-refractivity contribution in [2.24, 2.45) is 10.8 Å². The van der Waals surface area contributed by atoms with Crippen molar-refractivity contribution in [3.8, 4) is 0 Å². The van der Waals surface area contributed by atoms with Crippen molar-refractivity contribution in [2.75, 3.05) is 41.3 Å². The van der Waals surface area contributed by atoms with Gasteiger partial charge >= 0.3 is 0 Å². The molecule has 1 unspecified atom stereocenters. The topological polar surface area (TPSA) is 55.9 Å². The molecule has 1 aliphatic carbocycles. The number of hydrogen-bond donors (Lipinski definition) is 1. The number of likely N-dealkylation sites (tertiary alicyclic amines) is 1. The molecule has 0 aromatic heterocycles. The third-order valence-corrected chi connectivity index (χ3v) is 6.70. The van der Waals surface area contributed by atoms with Crippen molar-refractivity contribution >= 4 is 11.8 Å². The molecule has 1 saturated carbocycles. The highest BCUT2D eigenvalue weighted by Gasteiger charge is 2.45. The van der Waals surface area contributed by atoms with Crippen molar-refractivity contribution in [1.82, 2.24) is 20.0 Å². The van der Waals surface area contributed by atoms with Gasteiger partial charge in [0.05, 0.1) is 11.5 Å². The maximum Gasteiger partial charge on any atom is 0.237 e. The molecule has 28 heavy (non-hydrogen) atoms. The lowest BCUT2D eigenvalue weighted by molar-refractivity contribution is -0.147. The number of rotatable bonds is 6. The highest BCUT2D eigenvalue weighted by Crippen LogP contribution is 2.40. The number of nitrogens with one attached hydrogen (secondary N) is 1. The van der Waals surface area contributed by atoms with Crippen LogP contribution in [0.2, 0.25) is 0 Å². The number of amides is 2. The van der Waals surface area contributed by atoms with Crippen LogP contribution in [0.1, 0.15) is 59.8 Å². The maximum atomic E-state index is 13.8. The minimum Gasteiger partial charge on any atom is -0.358 e. The molecule has 2 rings (SSSR count). The smallest absolute Gasteiger partial charge is 0.237 e. The third-order valence-electron chi connectivity index (χ3n) is 6.70. The Labute approximate surface area is 172 Å². The standard InChI is InChI=1S/C22H42N4O2/c1-21(2)11-9-16(10-12-21)26(20(28)22(3,4)15-24(6)7)17-13-18(19(27)23-5)25(8)14-17/h16-18H,9-15H2,1-8H3,(H,23,27)/t17-,18?/m0/s1. The summed E-state index contributed by atoms with van der Waals surface area (Å²) in [7, 11) is 7.73. The van der Waals surface area contributed by atoms with Gasteiger partial charge in [-0.1, -0.05) is 13.8 Å². The fourth-order valence-electron chi connectivity index (χ4n) is 5.15. The maximum absolute atomic E-state index is 13.8. The predicted octanol–water partition coefficient (Wildman–Crippen LogP) is 2.19. The second-order valence-electron chi connectivity index (χ2n) is 10.7. The summed E-state index contributed by atoms with van der Waals surface area (Å²) < 4.78 is 0. The summed E-state index contributed by atoms with van der Waals surface area (Å²) in [6, 6.07) is 0.235. The Morgan fingerprint density at radius 1 is 1.14 bits per heavy atom. The molecular weight excluding hydrogens is 352 g/mol. The number of hydrogen-bond acceptors (Lipinski definition) is 4. The molecule has 2 atom stereocenters. The molecule has 6 nitrogen and oxygen atoms in total. The molecule has 0 aromatic rings. The largest absolute Gasteiger partial charge is 0.358 e. The van der Waals surface area contributed by atoms with Crippen LogP contribution < -0.4 is 5.32 Å². The van der Waals surface area contributed by atoms with E-state index >= 15 is 0 Å². The SMILES string of the molecule is CNC(=O)C1C[C@H](N(C(=O)C(C)(C)CN(C)C)C2CCC(C)(C)CC2)CN1C. The van der Waals surface area contributed by atoms with Crippen LogP contribution in [0.4, 0.5) is 0 Å². The summed E-state index contributed by atoms with van der Waals surface area (Å²) >= 11 is 0. The summed E-state index contributed by atoms with van der Waals surface area (Å²) in [5.74, 6) is 0.289. The van der Waals surface area contributed by atoms with Crippen molar-refractivity contribution < 1.29 is 9.59 Å². The van der Waals surface area contributed by atoms with Crippen LogP contribution in [0.3, 0.4) is 0 Å². The van der Waals surface area contributed by atoms with Crippen LogP contribution in [0.5, 0.6) is 0 Å². The van der Waals surface area contributed by atoms with Crippen LogP contribution in [0, 0.1) is 10.8 Å². The molecule has 1 heterocycles. The van der Waals surface area contributed by atoms with E-state index in [0.29, 0.717) is 5.41 Å². The number of carbonyl (C=O) groups is 2. The van der Waals surface area contributed by atoms with E-state index in [0.717, 1.165) is 45.2 Å². The molecule has 0 spiro atoms. The Balaban J connectivity index is 2.27. The lowest BCUT2D eigenvalue weighted by atomic mass is 9.74. The van der Waals surface area contributed by atoms with Gasteiger partial charge in [-0.05, 0) is 72.5 Å². The zero-order valence-electron chi connectivity index (χ0n) is 19.3. The first-order chi connectivity index (χ1) is 12.9. The second kappa shape index (κ2) is 8.70. The van der Waals surface area contributed by atoms with Crippen LogP contribution in [-0.2, 0) is 9.59 Å². The third kappa shape index (κ3) is 5.26. The van der Waals surface area contributed by atoms with Crippen LogP contribution >= 0.6 is 0 Å². The summed E-state index contributed by atoms with van der Waals surface area (Å²) in [5.41, 5.74) is -0.0817. The molecule has 6 heteroatoms. The van der Waals surface area contributed by atoms with E-state index in [2.05, 4.69) is 47.7 Å². The molecule has 0 radical (unpaired) electrons. The summed E-state index contributed by atoms with van der Waals surface area (Å²) in [5, 5.41) is 2.78. The fourth-order valence-corrected chi connectivity index (χ4v) is 5.15. The van der Waals surface area contributed by atoms with Gasteiger partial charge in [-0.15, -0.1) is 0 Å². The normalized spacial score (nSPS) is 26.5. The minimum atomic E-state index is -0.444. The molecule has 1 saturated heterocycles. The van der Waals surface area contributed by atoms with E-state index in [4.69, 9.17) is 0 Å². The van der Waals surface area contributed by atoms with E-state index in [1.54, 1.807) is 7.05 Å². The quantitative estimate of drug-likeness (QED) is 0.750. The van der Waals surface area contributed by atoms with Crippen molar-refractivity contribution in [2.45, 2.75) is 77.9 Å². The van der Waals surface area contributed by atoms with Gasteiger partial charge in [-0.3, -0.25) is 14.5 Å². The first-order valence-electron chi connectivity index (χ1n) is 10.8.